The molecule has 2 aliphatic rings. The summed E-state index contributed by atoms with van der Waals surface area (Å²) in [5.41, 5.74) is 2.16. The lowest BCUT2D eigenvalue weighted by molar-refractivity contribution is -0.136. The van der Waals surface area contributed by atoms with Crippen molar-refractivity contribution in [2.75, 3.05) is 0 Å². The molecule has 2 saturated carbocycles. The second-order valence-electron chi connectivity index (χ2n) is 6.68. The average molecular weight is 291 g/mol. The van der Waals surface area contributed by atoms with Crippen LogP contribution in [-0.2, 0) is 17.6 Å². The fraction of sp³-hybridized carbons (Fsp3) is 0.765. The molecule has 2 aliphatic carbocycles. The Hall–Kier alpha value is -1.32. The molecule has 0 unspecified atom stereocenters. The Balaban J connectivity index is 1.62. The Morgan fingerprint density at radius 3 is 2.57 bits per heavy atom. The maximum absolute atomic E-state index is 10.8. The van der Waals surface area contributed by atoms with Crippen LogP contribution in [0, 0.1) is 5.92 Å². The van der Waals surface area contributed by atoms with E-state index in [0.717, 1.165) is 23.8 Å². The zero-order chi connectivity index (χ0) is 14.7. The molecule has 0 radical (unpaired) electrons. The standard InChI is InChI=1S/C17H25NO3/c19-16(20)11-9-14-17(13-7-8-13)15(21-18-14)10-6-12-4-2-1-3-5-12/h12-13H,1-11H2,(H,19,20). The summed E-state index contributed by atoms with van der Waals surface area (Å²) in [5, 5.41) is 13.0. The van der Waals surface area contributed by atoms with Crippen LogP contribution in [0.4, 0.5) is 0 Å². The summed E-state index contributed by atoms with van der Waals surface area (Å²) < 4.78 is 5.58. The van der Waals surface area contributed by atoms with E-state index in [1.165, 1.54) is 56.9 Å². The SMILES string of the molecule is O=C(O)CCc1noc(CCC2CCCCC2)c1C1CC1. The topological polar surface area (TPSA) is 63.3 Å². The Morgan fingerprint density at radius 1 is 1.14 bits per heavy atom. The Bertz CT molecular complexity index is 484. The van der Waals surface area contributed by atoms with Gasteiger partial charge in [0.2, 0.25) is 0 Å². The van der Waals surface area contributed by atoms with Crippen LogP contribution in [0.3, 0.4) is 0 Å². The molecule has 1 aromatic rings. The predicted molar refractivity (Wildman–Crippen MR) is 79.3 cm³/mol. The van der Waals surface area contributed by atoms with Crippen LogP contribution in [0.5, 0.6) is 0 Å². The number of aromatic nitrogens is 1. The van der Waals surface area contributed by atoms with Crippen LogP contribution in [0.2, 0.25) is 0 Å². The van der Waals surface area contributed by atoms with E-state index in [0.29, 0.717) is 12.3 Å². The summed E-state index contributed by atoms with van der Waals surface area (Å²) >= 11 is 0. The fourth-order valence-corrected chi connectivity index (χ4v) is 3.60. The molecule has 2 fully saturated rings. The number of hydrogen-bond acceptors (Lipinski definition) is 3. The lowest BCUT2D eigenvalue weighted by Crippen LogP contribution is -2.07. The van der Waals surface area contributed by atoms with Crippen molar-refractivity contribution < 1.29 is 14.4 Å². The van der Waals surface area contributed by atoms with Crippen molar-refractivity contribution >= 4 is 5.97 Å². The molecule has 116 valence electrons. The van der Waals surface area contributed by atoms with E-state index in [9.17, 15) is 4.79 Å². The molecule has 4 heteroatoms. The average Bonchev–Trinajstić information content (AvgIpc) is 3.25. The number of nitrogens with zero attached hydrogens (tertiary/aromatic N) is 1. The third-order valence-electron chi connectivity index (χ3n) is 4.94. The van der Waals surface area contributed by atoms with Crippen LogP contribution in [0.25, 0.3) is 0 Å². The molecule has 21 heavy (non-hydrogen) atoms. The van der Waals surface area contributed by atoms with Crippen LogP contribution in [0.1, 0.15) is 80.7 Å². The summed E-state index contributed by atoms with van der Waals surface area (Å²) in [4.78, 5) is 10.8. The lowest BCUT2D eigenvalue weighted by Gasteiger charge is -2.20. The second-order valence-corrected chi connectivity index (χ2v) is 6.68. The van der Waals surface area contributed by atoms with Gasteiger partial charge in [0.15, 0.2) is 0 Å². The maximum atomic E-state index is 10.8. The quantitative estimate of drug-likeness (QED) is 0.822. The van der Waals surface area contributed by atoms with E-state index in [1.807, 2.05) is 0 Å². The molecule has 1 aromatic heterocycles. The van der Waals surface area contributed by atoms with Crippen LogP contribution in [-0.4, -0.2) is 16.2 Å². The second kappa shape index (κ2) is 6.63. The minimum atomic E-state index is -0.761. The van der Waals surface area contributed by atoms with Crippen LogP contribution in [0.15, 0.2) is 4.52 Å². The summed E-state index contributed by atoms with van der Waals surface area (Å²) in [6.07, 6.45) is 12.1. The van der Waals surface area contributed by atoms with Gasteiger partial charge >= 0.3 is 5.97 Å². The molecule has 0 bridgehead atoms. The number of carbonyl (C=O) groups is 1. The Labute approximate surface area is 125 Å². The zero-order valence-corrected chi connectivity index (χ0v) is 12.6. The van der Waals surface area contributed by atoms with Gasteiger partial charge in [-0.2, -0.15) is 0 Å². The fourth-order valence-electron chi connectivity index (χ4n) is 3.60. The number of hydrogen-bond donors (Lipinski definition) is 1. The van der Waals surface area contributed by atoms with Gasteiger partial charge in [0.05, 0.1) is 12.1 Å². The molecule has 0 saturated heterocycles. The van der Waals surface area contributed by atoms with Crippen molar-refractivity contribution in [2.24, 2.45) is 5.92 Å². The molecule has 0 aromatic carbocycles. The molecule has 0 amide bonds. The van der Waals surface area contributed by atoms with Gasteiger partial charge in [0.25, 0.3) is 0 Å². The first-order valence-corrected chi connectivity index (χ1v) is 8.43. The lowest BCUT2D eigenvalue weighted by atomic mass is 9.85. The zero-order valence-electron chi connectivity index (χ0n) is 12.6. The highest BCUT2D eigenvalue weighted by Gasteiger charge is 2.32. The van der Waals surface area contributed by atoms with Crippen molar-refractivity contribution in [3.8, 4) is 0 Å². The highest BCUT2D eigenvalue weighted by atomic mass is 16.5. The number of carboxylic acid groups (broad SMARTS) is 1. The number of aliphatic carboxylic acids is 1. The van der Waals surface area contributed by atoms with Gasteiger partial charge in [0.1, 0.15) is 5.76 Å². The first kappa shape index (κ1) is 14.6. The first-order chi connectivity index (χ1) is 10.2. The maximum Gasteiger partial charge on any atom is 0.303 e. The Kier molecular flexibility index (Phi) is 4.61. The van der Waals surface area contributed by atoms with Crippen molar-refractivity contribution in [3.05, 3.63) is 17.0 Å². The number of aryl methyl sites for hydroxylation is 2. The normalized spacial score (nSPS) is 19.8. The van der Waals surface area contributed by atoms with Crippen molar-refractivity contribution in [3.63, 3.8) is 0 Å². The summed E-state index contributed by atoms with van der Waals surface area (Å²) in [5.74, 6) is 1.71. The molecule has 0 spiro atoms. The highest BCUT2D eigenvalue weighted by molar-refractivity contribution is 5.67. The molecule has 1 N–H and O–H groups in total. The molecule has 0 atom stereocenters. The van der Waals surface area contributed by atoms with E-state index in [1.54, 1.807) is 0 Å². The molecular formula is C17H25NO3. The van der Waals surface area contributed by atoms with Crippen LogP contribution < -0.4 is 0 Å². The number of carboxylic acids is 1. The van der Waals surface area contributed by atoms with Gasteiger partial charge < -0.3 is 9.63 Å². The smallest absolute Gasteiger partial charge is 0.303 e. The van der Waals surface area contributed by atoms with E-state index >= 15 is 0 Å². The van der Waals surface area contributed by atoms with E-state index in [4.69, 9.17) is 9.63 Å². The monoisotopic (exact) mass is 291 g/mol. The van der Waals surface area contributed by atoms with Gasteiger partial charge in [-0.3, -0.25) is 4.79 Å². The Morgan fingerprint density at radius 2 is 1.90 bits per heavy atom. The van der Waals surface area contributed by atoms with Crippen molar-refractivity contribution in [1.82, 2.24) is 5.16 Å². The van der Waals surface area contributed by atoms with Gasteiger partial charge in [-0.15, -0.1) is 0 Å². The molecule has 4 nitrogen and oxygen atoms in total. The minimum Gasteiger partial charge on any atom is -0.481 e. The summed E-state index contributed by atoms with van der Waals surface area (Å²) in [6.45, 7) is 0. The molecular weight excluding hydrogens is 266 g/mol. The summed E-state index contributed by atoms with van der Waals surface area (Å²) in [6, 6.07) is 0. The summed E-state index contributed by atoms with van der Waals surface area (Å²) in [7, 11) is 0. The molecule has 3 rings (SSSR count). The van der Waals surface area contributed by atoms with Crippen LogP contribution >= 0.6 is 0 Å². The van der Waals surface area contributed by atoms with Gasteiger partial charge in [0, 0.05) is 18.4 Å². The highest BCUT2D eigenvalue weighted by Crippen LogP contribution is 2.44. The third-order valence-corrected chi connectivity index (χ3v) is 4.94. The van der Waals surface area contributed by atoms with Gasteiger partial charge in [-0.1, -0.05) is 37.3 Å². The van der Waals surface area contributed by atoms with Gasteiger partial charge in [-0.25, -0.2) is 0 Å². The largest absolute Gasteiger partial charge is 0.481 e. The minimum absolute atomic E-state index is 0.147. The molecule has 1 heterocycles. The predicted octanol–water partition coefficient (Wildman–Crippen LogP) is 4.08. The first-order valence-electron chi connectivity index (χ1n) is 8.43. The van der Waals surface area contributed by atoms with Crippen molar-refractivity contribution in [2.45, 2.75) is 76.5 Å². The molecule has 0 aliphatic heterocycles. The van der Waals surface area contributed by atoms with E-state index in [2.05, 4.69) is 5.16 Å². The number of rotatable bonds is 7. The van der Waals surface area contributed by atoms with E-state index < -0.39 is 5.97 Å². The van der Waals surface area contributed by atoms with Gasteiger partial charge in [-0.05, 0) is 31.1 Å². The van der Waals surface area contributed by atoms with Crippen molar-refractivity contribution in [1.29, 1.82) is 0 Å². The van der Waals surface area contributed by atoms with E-state index in [-0.39, 0.29) is 6.42 Å². The third kappa shape index (κ3) is 3.86.